The summed E-state index contributed by atoms with van der Waals surface area (Å²) in [5.41, 5.74) is 6.60. The molecule has 66 valence electrons. The Kier molecular flexibility index (Phi) is 5.92. The van der Waals surface area contributed by atoms with Crippen LogP contribution in [0.15, 0.2) is 37.2 Å². The number of nitrogens with two attached hydrogens (primary N) is 1. The largest absolute Gasteiger partial charge is 1.00 e. The maximum absolute atomic E-state index is 5.44. The van der Waals surface area contributed by atoms with Gasteiger partial charge in [-0.25, -0.2) is 4.57 Å². The van der Waals surface area contributed by atoms with Crippen molar-refractivity contribution in [1.29, 1.82) is 0 Å². The number of halogens is 1. The first-order valence-corrected chi connectivity index (χ1v) is 3.65. The topological polar surface area (TPSA) is 29.9 Å². The summed E-state index contributed by atoms with van der Waals surface area (Å²) in [6, 6.07) is 4.03. The quantitative estimate of drug-likeness (QED) is 0.373. The van der Waals surface area contributed by atoms with Crippen LogP contribution in [0.2, 0.25) is 0 Å². The van der Waals surface area contributed by atoms with Crippen molar-refractivity contribution in [2.45, 2.75) is 13.1 Å². The van der Waals surface area contributed by atoms with E-state index < -0.39 is 0 Å². The molecular formula is C9H13IN2. The third-order valence-electron chi connectivity index (χ3n) is 1.54. The smallest absolute Gasteiger partial charge is 0.169 e. The highest BCUT2D eigenvalue weighted by Crippen LogP contribution is 1.91. The molecule has 0 aromatic carbocycles. The molecule has 1 rings (SSSR count). The SMILES string of the molecule is C=CC[n+]1ccc(CN)cc1.[I-]. The van der Waals surface area contributed by atoms with Gasteiger partial charge in [-0.15, -0.1) is 0 Å². The van der Waals surface area contributed by atoms with Crippen LogP contribution in [0.25, 0.3) is 0 Å². The van der Waals surface area contributed by atoms with Crippen molar-refractivity contribution in [2.75, 3.05) is 0 Å². The van der Waals surface area contributed by atoms with Crippen LogP contribution in [0, 0.1) is 0 Å². The lowest BCUT2D eigenvalue weighted by molar-refractivity contribution is -0.687. The standard InChI is InChI=1S/C9H13N2.HI/c1-2-5-11-6-3-9(8-10)4-7-11;/h2-4,6-7H,1,5,8,10H2;1H/q+1;/p-1. The van der Waals surface area contributed by atoms with Crippen LogP contribution in [0.3, 0.4) is 0 Å². The van der Waals surface area contributed by atoms with Gasteiger partial charge in [0.1, 0.15) is 0 Å². The average molecular weight is 276 g/mol. The molecule has 0 amide bonds. The van der Waals surface area contributed by atoms with Crippen LogP contribution < -0.4 is 34.3 Å². The molecule has 0 bridgehead atoms. The van der Waals surface area contributed by atoms with Crippen LogP contribution in [-0.4, -0.2) is 0 Å². The Balaban J connectivity index is 0.00000121. The van der Waals surface area contributed by atoms with E-state index in [-0.39, 0.29) is 24.0 Å². The van der Waals surface area contributed by atoms with E-state index in [9.17, 15) is 0 Å². The summed E-state index contributed by atoms with van der Waals surface area (Å²) < 4.78 is 2.05. The van der Waals surface area contributed by atoms with Gasteiger partial charge in [-0.2, -0.15) is 0 Å². The third kappa shape index (κ3) is 3.32. The molecule has 0 unspecified atom stereocenters. The minimum absolute atomic E-state index is 0. The van der Waals surface area contributed by atoms with Crippen molar-refractivity contribution in [3.8, 4) is 0 Å². The van der Waals surface area contributed by atoms with Crippen LogP contribution in [-0.2, 0) is 13.1 Å². The molecule has 0 radical (unpaired) electrons. The lowest BCUT2D eigenvalue weighted by atomic mass is 10.3. The number of hydrogen-bond donors (Lipinski definition) is 1. The van der Waals surface area contributed by atoms with E-state index in [1.807, 2.05) is 35.2 Å². The van der Waals surface area contributed by atoms with Crippen LogP contribution in [0.1, 0.15) is 5.56 Å². The number of pyridine rings is 1. The van der Waals surface area contributed by atoms with E-state index in [4.69, 9.17) is 5.73 Å². The molecule has 3 heteroatoms. The lowest BCUT2D eigenvalue weighted by Crippen LogP contribution is -3.00. The Morgan fingerprint density at radius 2 is 2.00 bits per heavy atom. The monoisotopic (exact) mass is 276 g/mol. The average Bonchev–Trinajstić information content (AvgIpc) is 2.07. The number of nitrogens with zero attached hydrogens (tertiary/aromatic N) is 1. The van der Waals surface area contributed by atoms with E-state index in [0.717, 1.165) is 12.1 Å². The molecule has 0 fully saturated rings. The summed E-state index contributed by atoms with van der Waals surface area (Å²) in [5, 5.41) is 0. The van der Waals surface area contributed by atoms with Crippen molar-refractivity contribution >= 4 is 0 Å². The Hall–Kier alpha value is -0.420. The zero-order valence-electron chi connectivity index (χ0n) is 6.91. The zero-order chi connectivity index (χ0) is 8.10. The van der Waals surface area contributed by atoms with Crippen molar-refractivity contribution < 1.29 is 28.5 Å². The van der Waals surface area contributed by atoms with Crippen molar-refractivity contribution in [3.05, 3.63) is 42.7 Å². The first-order valence-electron chi connectivity index (χ1n) is 3.65. The first kappa shape index (κ1) is 11.6. The molecule has 0 aliphatic rings. The number of allylic oxidation sites excluding steroid dienone is 1. The summed E-state index contributed by atoms with van der Waals surface area (Å²) in [5.74, 6) is 0. The zero-order valence-corrected chi connectivity index (χ0v) is 9.07. The van der Waals surface area contributed by atoms with Gasteiger partial charge in [0, 0.05) is 18.7 Å². The summed E-state index contributed by atoms with van der Waals surface area (Å²) >= 11 is 0. The number of hydrogen-bond acceptors (Lipinski definition) is 1. The molecular weight excluding hydrogens is 263 g/mol. The molecule has 0 aliphatic carbocycles. The third-order valence-corrected chi connectivity index (χ3v) is 1.54. The van der Waals surface area contributed by atoms with Gasteiger partial charge in [-0.1, -0.05) is 6.58 Å². The first-order chi connectivity index (χ1) is 5.36. The summed E-state index contributed by atoms with van der Waals surface area (Å²) in [4.78, 5) is 0. The molecule has 0 saturated carbocycles. The minimum atomic E-state index is 0. The van der Waals surface area contributed by atoms with Gasteiger partial charge in [0.05, 0.1) is 0 Å². The molecule has 0 aliphatic heterocycles. The molecule has 2 N–H and O–H groups in total. The normalized spacial score (nSPS) is 8.75. The second-order valence-corrected chi connectivity index (χ2v) is 2.40. The summed E-state index contributed by atoms with van der Waals surface area (Å²) in [6.07, 6.45) is 5.87. The molecule has 1 aromatic rings. The maximum atomic E-state index is 5.44. The van der Waals surface area contributed by atoms with E-state index in [2.05, 4.69) is 6.58 Å². The number of rotatable bonds is 3. The molecule has 2 nitrogen and oxygen atoms in total. The predicted octanol–water partition coefficient (Wildman–Crippen LogP) is -2.38. The Morgan fingerprint density at radius 1 is 1.42 bits per heavy atom. The Bertz CT molecular complexity index is 231. The highest BCUT2D eigenvalue weighted by Gasteiger charge is 1.95. The fourth-order valence-electron chi connectivity index (χ4n) is 0.895. The summed E-state index contributed by atoms with van der Waals surface area (Å²) in [6.45, 7) is 5.11. The Morgan fingerprint density at radius 3 is 2.42 bits per heavy atom. The van der Waals surface area contributed by atoms with Crippen molar-refractivity contribution in [2.24, 2.45) is 5.73 Å². The van der Waals surface area contributed by atoms with E-state index in [1.165, 1.54) is 0 Å². The summed E-state index contributed by atoms with van der Waals surface area (Å²) in [7, 11) is 0. The maximum Gasteiger partial charge on any atom is 0.169 e. The van der Waals surface area contributed by atoms with Gasteiger partial charge in [-0.3, -0.25) is 0 Å². The highest BCUT2D eigenvalue weighted by atomic mass is 127. The second-order valence-electron chi connectivity index (χ2n) is 2.40. The van der Waals surface area contributed by atoms with Gasteiger partial charge in [0.2, 0.25) is 0 Å². The predicted molar refractivity (Wildman–Crippen MR) is 44.7 cm³/mol. The van der Waals surface area contributed by atoms with Crippen molar-refractivity contribution in [1.82, 2.24) is 0 Å². The van der Waals surface area contributed by atoms with Crippen LogP contribution in [0.5, 0.6) is 0 Å². The Labute approximate surface area is 90.1 Å². The molecule has 12 heavy (non-hydrogen) atoms. The second kappa shape index (κ2) is 6.14. The van der Waals surface area contributed by atoms with Gasteiger partial charge in [-0.05, 0) is 11.6 Å². The molecule has 0 spiro atoms. The molecule has 1 aromatic heterocycles. The van der Waals surface area contributed by atoms with Gasteiger partial charge >= 0.3 is 0 Å². The number of aromatic nitrogens is 1. The van der Waals surface area contributed by atoms with Crippen LogP contribution >= 0.6 is 0 Å². The molecule has 1 heterocycles. The lowest BCUT2D eigenvalue weighted by Gasteiger charge is -1.93. The van der Waals surface area contributed by atoms with E-state index in [1.54, 1.807) is 0 Å². The van der Waals surface area contributed by atoms with Gasteiger partial charge < -0.3 is 29.7 Å². The molecule has 0 saturated heterocycles. The highest BCUT2D eigenvalue weighted by molar-refractivity contribution is 5.05. The fourth-order valence-corrected chi connectivity index (χ4v) is 0.895. The fraction of sp³-hybridized carbons (Fsp3) is 0.222. The van der Waals surface area contributed by atoms with E-state index in [0.29, 0.717) is 6.54 Å². The van der Waals surface area contributed by atoms with Crippen molar-refractivity contribution in [3.63, 3.8) is 0 Å². The van der Waals surface area contributed by atoms with Gasteiger partial charge in [0.25, 0.3) is 0 Å². The molecule has 0 atom stereocenters. The van der Waals surface area contributed by atoms with E-state index >= 15 is 0 Å². The van der Waals surface area contributed by atoms with Gasteiger partial charge in [0.15, 0.2) is 18.9 Å². The van der Waals surface area contributed by atoms with Crippen LogP contribution in [0.4, 0.5) is 0 Å². The minimum Gasteiger partial charge on any atom is -1.00 e.